The van der Waals surface area contributed by atoms with Crippen LogP contribution in [0.15, 0.2) is 24.4 Å². The van der Waals surface area contributed by atoms with Crippen LogP contribution in [0.25, 0.3) is 11.6 Å². The molecule has 0 fully saturated rings. The first-order valence-corrected chi connectivity index (χ1v) is 12.1. The van der Waals surface area contributed by atoms with Crippen molar-refractivity contribution in [1.82, 2.24) is 20.5 Å². The molecule has 4 N–H and O–H groups in total. The van der Waals surface area contributed by atoms with Gasteiger partial charge in [-0.05, 0) is 64.5 Å². The van der Waals surface area contributed by atoms with Crippen molar-refractivity contribution < 1.29 is 28.3 Å². The number of allylic oxidation sites excluding steroid dienone is 1. The van der Waals surface area contributed by atoms with E-state index in [1.54, 1.807) is 47.7 Å². The molecule has 38 heavy (non-hydrogen) atoms. The summed E-state index contributed by atoms with van der Waals surface area (Å²) in [4.78, 5) is 53.2. The van der Waals surface area contributed by atoms with E-state index in [0.29, 0.717) is 34.4 Å². The Kier molecular flexibility index (Phi) is 10.2. The number of rotatable bonds is 10. The van der Waals surface area contributed by atoms with Gasteiger partial charge in [-0.15, -0.1) is 0 Å². The Balaban J connectivity index is 1.98. The molecule has 1 unspecified atom stereocenters. The van der Waals surface area contributed by atoms with Gasteiger partial charge in [0, 0.05) is 55.9 Å². The number of carbonyl (C=O) groups is 4. The van der Waals surface area contributed by atoms with Crippen molar-refractivity contribution in [2.24, 2.45) is 0 Å². The zero-order valence-corrected chi connectivity index (χ0v) is 22.8. The van der Waals surface area contributed by atoms with E-state index < -0.39 is 29.5 Å². The number of hydrogen-bond acceptors (Lipinski definition) is 6. The summed E-state index contributed by atoms with van der Waals surface area (Å²) in [6, 6.07) is 3.33. The third kappa shape index (κ3) is 7.92. The molecule has 0 aliphatic heterocycles. The summed E-state index contributed by atoms with van der Waals surface area (Å²) in [5, 5.41) is 8.33. The van der Waals surface area contributed by atoms with Crippen molar-refractivity contribution in [2.75, 3.05) is 32.5 Å². The van der Waals surface area contributed by atoms with E-state index in [2.05, 4.69) is 20.9 Å². The fourth-order valence-corrected chi connectivity index (χ4v) is 3.47. The summed E-state index contributed by atoms with van der Waals surface area (Å²) >= 11 is 0. The molecular weight excluding hydrogens is 493 g/mol. The van der Waals surface area contributed by atoms with Crippen LogP contribution in [0.1, 0.15) is 54.9 Å². The first-order valence-electron chi connectivity index (χ1n) is 12.1. The summed E-state index contributed by atoms with van der Waals surface area (Å²) < 4.78 is 19.1. The minimum absolute atomic E-state index is 0.148. The number of anilines is 1. The third-order valence-electron chi connectivity index (χ3n) is 5.77. The fraction of sp³-hybridized carbons (Fsp3) is 0.407. The maximum atomic E-state index is 13.8. The second kappa shape index (κ2) is 12.9. The van der Waals surface area contributed by atoms with Crippen molar-refractivity contribution in [3.05, 3.63) is 52.6 Å². The van der Waals surface area contributed by atoms with Crippen LogP contribution in [0.5, 0.6) is 0 Å². The van der Waals surface area contributed by atoms with Gasteiger partial charge in [-0.25, -0.2) is 9.18 Å². The Morgan fingerprint density at radius 3 is 2.42 bits per heavy atom. The summed E-state index contributed by atoms with van der Waals surface area (Å²) in [5.41, 5.74) is 2.02. The topological polar surface area (TPSA) is 133 Å². The van der Waals surface area contributed by atoms with E-state index >= 15 is 0 Å². The van der Waals surface area contributed by atoms with Crippen molar-refractivity contribution in [1.29, 1.82) is 0 Å². The first-order chi connectivity index (χ1) is 17.8. The van der Waals surface area contributed by atoms with Crippen molar-refractivity contribution in [3.8, 4) is 0 Å². The number of nitrogens with one attached hydrogen (secondary N) is 4. The molecular formula is C27H36FN5O5. The number of aromatic nitrogens is 1. The Bertz CT molecular complexity index is 1210. The molecule has 0 radical (unpaired) electrons. The normalized spacial score (nSPS) is 12.4. The summed E-state index contributed by atoms with van der Waals surface area (Å²) in [6.45, 7) is 8.81. The van der Waals surface area contributed by atoms with Gasteiger partial charge in [-0.3, -0.25) is 19.3 Å². The maximum absolute atomic E-state index is 13.8. The van der Waals surface area contributed by atoms with Crippen LogP contribution in [0, 0.1) is 12.7 Å². The molecule has 10 nitrogen and oxygen atoms in total. The van der Waals surface area contributed by atoms with E-state index in [1.165, 1.54) is 36.3 Å². The summed E-state index contributed by atoms with van der Waals surface area (Å²) in [6.07, 6.45) is 3.08. The van der Waals surface area contributed by atoms with Crippen LogP contribution in [-0.2, 0) is 14.3 Å². The molecule has 2 rings (SSSR count). The van der Waals surface area contributed by atoms with Gasteiger partial charge in [0.25, 0.3) is 5.91 Å². The smallest absolute Gasteiger partial charge is 0.410 e. The van der Waals surface area contributed by atoms with Gasteiger partial charge in [0.1, 0.15) is 17.5 Å². The highest BCUT2D eigenvalue weighted by Crippen LogP contribution is 2.26. The number of benzene rings is 1. The molecule has 1 heterocycles. The fourth-order valence-electron chi connectivity index (χ4n) is 3.47. The number of hydrogen-bond donors (Lipinski definition) is 4. The molecule has 1 aromatic carbocycles. The highest BCUT2D eigenvalue weighted by Gasteiger charge is 2.26. The van der Waals surface area contributed by atoms with Crippen molar-refractivity contribution in [3.63, 3.8) is 0 Å². The van der Waals surface area contributed by atoms with Crippen LogP contribution >= 0.6 is 0 Å². The number of aromatic amines is 1. The maximum Gasteiger partial charge on any atom is 0.410 e. The molecule has 0 aliphatic rings. The minimum atomic E-state index is -0.768. The van der Waals surface area contributed by atoms with Gasteiger partial charge in [0.05, 0.1) is 5.56 Å². The molecule has 2 aromatic rings. The van der Waals surface area contributed by atoms with Crippen molar-refractivity contribution >= 4 is 41.5 Å². The van der Waals surface area contributed by atoms with E-state index in [-0.39, 0.29) is 24.6 Å². The SMILES string of the molecule is CNc1ccc(F)cc1/C(C=O)=C/c1[nH]cc(C(=O)NCCNC(=O)C(C)N(C)C(=O)OC(C)(C)C)c1C. The van der Waals surface area contributed by atoms with E-state index in [0.717, 1.165) is 0 Å². The second-order valence-corrected chi connectivity index (χ2v) is 9.71. The van der Waals surface area contributed by atoms with Gasteiger partial charge in [-0.2, -0.15) is 0 Å². The average Bonchev–Trinajstić information content (AvgIpc) is 3.22. The third-order valence-corrected chi connectivity index (χ3v) is 5.77. The molecule has 0 bridgehead atoms. The standard InChI is InChI=1S/C27H36FN5O5/c1-16-21(14-32-23(16)12-18(15-34)20-13-19(28)8-9-22(20)29-6)25(36)31-11-10-30-24(35)17(2)33(7)26(37)38-27(3,4)5/h8-9,12-15,17,29,32H,10-11H2,1-7H3,(H,30,35)(H,31,36)/b18-12+. The molecule has 1 aromatic heterocycles. The highest BCUT2D eigenvalue weighted by atomic mass is 19.1. The monoisotopic (exact) mass is 529 g/mol. The number of ether oxygens (including phenoxy) is 1. The minimum Gasteiger partial charge on any atom is -0.444 e. The Morgan fingerprint density at radius 1 is 1.16 bits per heavy atom. The molecule has 3 amide bonds. The molecule has 11 heteroatoms. The van der Waals surface area contributed by atoms with Crippen LogP contribution < -0.4 is 16.0 Å². The number of carbonyl (C=O) groups excluding carboxylic acids is 4. The Hall–Kier alpha value is -4.15. The summed E-state index contributed by atoms with van der Waals surface area (Å²) in [5.74, 6) is -1.24. The highest BCUT2D eigenvalue weighted by molar-refractivity contribution is 6.15. The Labute approximate surface area is 222 Å². The zero-order chi connectivity index (χ0) is 28.6. The molecule has 206 valence electrons. The van der Waals surface area contributed by atoms with Gasteiger partial charge in [0.2, 0.25) is 5.91 Å². The molecule has 1 atom stereocenters. The van der Waals surface area contributed by atoms with Crippen molar-refractivity contribution in [2.45, 2.75) is 46.3 Å². The van der Waals surface area contributed by atoms with Crippen LogP contribution in [0.3, 0.4) is 0 Å². The van der Waals surface area contributed by atoms with Gasteiger partial charge >= 0.3 is 6.09 Å². The molecule has 0 saturated carbocycles. The average molecular weight is 530 g/mol. The number of amides is 3. The summed E-state index contributed by atoms with van der Waals surface area (Å²) in [7, 11) is 3.15. The number of likely N-dealkylation sites (N-methyl/N-ethyl adjacent to an activating group) is 1. The number of halogens is 1. The molecule has 0 spiro atoms. The zero-order valence-electron chi connectivity index (χ0n) is 22.8. The van der Waals surface area contributed by atoms with Gasteiger partial charge in [-0.1, -0.05) is 0 Å². The Morgan fingerprint density at radius 2 is 1.82 bits per heavy atom. The van der Waals surface area contributed by atoms with E-state index in [4.69, 9.17) is 4.74 Å². The predicted octanol–water partition coefficient (Wildman–Crippen LogP) is 3.34. The lowest BCUT2D eigenvalue weighted by atomic mass is 10.0. The number of H-pyrrole nitrogens is 1. The molecule has 0 aliphatic carbocycles. The van der Waals surface area contributed by atoms with E-state index in [1.807, 2.05) is 0 Å². The first kappa shape index (κ1) is 30.1. The second-order valence-electron chi connectivity index (χ2n) is 9.71. The van der Waals surface area contributed by atoms with Crippen LogP contribution in [0.4, 0.5) is 14.9 Å². The molecule has 0 saturated heterocycles. The predicted molar refractivity (Wildman–Crippen MR) is 144 cm³/mol. The number of aldehydes is 1. The van der Waals surface area contributed by atoms with Crippen LogP contribution in [0.2, 0.25) is 0 Å². The van der Waals surface area contributed by atoms with Gasteiger partial charge < -0.3 is 25.7 Å². The van der Waals surface area contributed by atoms with Gasteiger partial charge in [0.15, 0.2) is 6.29 Å². The lowest BCUT2D eigenvalue weighted by Gasteiger charge is -2.28. The van der Waals surface area contributed by atoms with Crippen LogP contribution in [-0.4, -0.2) is 72.9 Å². The van der Waals surface area contributed by atoms with E-state index in [9.17, 15) is 23.6 Å². The lowest BCUT2D eigenvalue weighted by Crippen LogP contribution is -2.48. The number of nitrogens with zero attached hydrogens (tertiary/aromatic N) is 1. The lowest BCUT2D eigenvalue weighted by molar-refractivity contribution is -0.125. The largest absolute Gasteiger partial charge is 0.444 e. The quantitative estimate of drug-likeness (QED) is 0.212.